The van der Waals surface area contributed by atoms with Gasteiger partial charge in [0.1, 0.15) is 8.64 Å². The zero-order valence-electron chi connectivity index (χ0n) is 27.9. The van der Waals surface area contributed by atoms with Crippen molar-refractivity contribution in [2.24, 2.45) is 5.72 Å². The van der Waals surface area contributed by atoms with Crippen LogP contribution in [0, 0.1) is 17.5 Å². The molecule has 2 heterocycles. The molecule has 2 N–H and O–H groups in total. The minimum absolute atomic E-state index is 0.709. The number of aromatic nitrogens is 3. The molecule has 2 aromatic rings. The third-order valence-corrected chi connectivity index (χ3v) is 2.94. The van der Waals surface area contributed by atoms with Crippen LogP contribution in [0.5, 0.6) is 0 Å². The number of nitrogens with two attached hydrogens (primary N) is 1. The van der Waals surface area contributed by atoms with E-state index in [1.165, 1.54) is 0 Å². The third kappa shape index (κ3) is 4.11. The maximum atomic E-state index is 14.9. The van der Waals surface area contributed by atoms with Crippen LogP contribution in [0.15, 0.2) is 12.1 Å². The van der Waals surface area contributed by atoms with Crippen molar-refractivity contribution in [2.45, 2.75) is 37.9 Å². The Kier molecular flexibility index (Phi) is 2.22. The molecule has 12 heteroatoms. The van der Waals surface area contributed by atoms with Crippen LogP contribution < -0.4 is 5.72 Å². The number of nitrogens with zero attached hydrogens (tertiary/aromatic N) is 4. The van der Waals surface area contributed by atoms with Crippen LogP contribution in [-0.2, 0) is 30.3 Å². The second-order valence-corrected chi connectivity index (χ2v) is 4.82. The Hall–Kier alpha value is -2.63. The number of carbonyl (C=O) groups excluding carboxylic acids is 1. The van der Waals surface area contributed by atoms with Gasteiger partial charge >= 0.3 is 6.18 Å². The first kappa shape index (κ1) is 8.39. The van der Waals surface area contributed by atoms with Gasteiger partial charge in [0.15, 0.2) is 17.5 Å². The fraction of sp³-hybridized carbons (Fsp3) is 0.438. The fourth-order valence-corrected chi connectivity index (χ4v) is 1.80. The molecule has 3 rings (SSSR count). The van der Waals surface area contributed by atoms with Gasteiger partial charge in [0.2, 0.25) is 11.7 Å². The number of amides is 1. The highest BCUT2D eigenvalue weighted by Crippen LogP contribution is 2.29. The van der Waals surface area contributed by atoms with Gasteiger partial charge in [0, 0.05) is 38.3 Å². The Bertz CT molecular complexity index is 1470. The van der Waals surface area contributed by atoms with Crippen LogP contribution >= 0.6 is 0 Å². The Morgan fingerprint density at radius 2 is 2.04 bits per heavy atom. The largest absolute Gasteiger partial charge is 0.451 e. The summed E-state index contributed by atoms with van der Waals surface area (Å²) in [4.78, 5) is 12.5. The SMILES string of the molecule is [2H]c1c(F)c(F)c([2H])c(C([2H])([2H])[C@@]([2H])(N([2H])[2H])C([2H])([2H])C(=O)N2C([2H])([2H])c3nnc(C(F)(F)F)n3C([2H])([2H])C2([2H])[2H])c1F. The average molecular weight is 422 g/mol. The Labute approximate surface area is 176 Å². The highest BCUT2D eigenvalue weighted by atomic mass is 19.4. The van der Waals surface area contributed by atoms with Crippen molar-refractivity contribution in [3.8, 4) is 0 Å². The molecular formula is C16H15F6N5O. The summed E-state index contributed by atoms with van der Waals surface area (Å²) in [6, 6.07) is -8.86. The molecule has 1 aliphatic rings. The first-order chi connectivity index (χ1) is 19.0. The normalized spacial score (nSPS) is 31.0. The molecule has 28 heavy (non-hydrogen) atoms. The molecule has 1 atom stereocenters. The summed E-state index contributed by atoms with van der Waals surface area (Å²) in [5, 5.41) is 5.39. The van der Waals surface area contributed by atoms with Gasteiger partial charge in [-0.05, 0) is 18.0 Å². The average Bonchev–Trinajstić information content (AvgIpc) is 3.32. The molecule has 1 amide bonds. The lowest BCUT2D eigenvalue weighted by molar-refractivity contribution is -0.148. The van der Waals surface area contributed by atoms with E-state index in [1.807, 2.05) is 0 Å². The predicted octanol–water partition coefficient (Wildman–Crippen LogP) is 2.02. The smallest absolute Gasteiger partial charge is 0.333 e. The van der Waals surface area contributed by atoms with Crippen LogP contribution in [0.3, 0.4) is 0 Å². The van der Waals surface area contributed by atoms with Gasteiger partial charge in [-0.1, -0.05) is 0 Å². The van der Waals surface area contributed by atoms with Gasteiger partial charge < -0.3 is 15.2 Å². The van der Waals surface area contributed by atoms with Crippen molar-refractivity contribution in [3.63, 3.8) is 0 Å². The van der Waals surface area contributed by atoms with Crippen LogP contribution in [0.1, 0.15) is 41.4 Å². The lowest BCUT2D eigenvalue weighted by Crippen LogP contribution is -2.42. The summed E-state index contributed by atoms with van der Waals surface area (Å²) >= 11 is 0. The summed E-state index contributed by atoms with van der Waals surface area (Å²) in [6.45, 7) is -12.7. The topological polar surface area (TPSA) is 77.0 Å². The van der Waals surface area contributed by atoms with E-state index in [2.05, 4.69) is 10.2 Å². The van der Waals surface area contributed by atoms with Gasteiger partial charge in [0.05, 0.1) is 17.5 Å². The number of alkyl halides is 3. The van der Waals surface area contributed by atoms with Crippen molar-refractivity contribution in [2.75, 3.05) is 6.50 Å². The van der Waals surface area contributed by atoms with Gasteiger partial charge in [-0.25, -0.2) is 13.2 Å². The number of hydrogen-bond donors (Lipinski definition) is 1. The van der Waals surface area contributed by atoms with Crippen molar-refractivity contribution in [1.82, 2.24) is 19.7 Å². The molecule has 1 aromatic carbocycles. The molecular weight excluding hydrogens is 392 g/mol. The predicted molar refractivity (Wildman–Crippen MR) is 83.1 cm³/mol. The fourth-order valence-electron chi connectivity index (χ4n) is 1.80. The second kappa shape index (κ2) is 7.41. The molecule has 0 saturated heterocycles. The maximum absolute atomic E-state index is 14.9. The van der Waals surface area contributed by atoms with Crippen LogP contribution in [0.4, 0.5) is 26.3 Å². The molecule has 1 aromatic heterocycles. The number of hydrogen-bond acceptors (Lipinski definition) is 4. The molecule has 0 spiro atoms. The lowest BCUT2D eigenvalue weighted by atomic mass is 10.0. The number of halogens is 6. The van der Waals surface area contributed by atoms with E-state index < -0.39 is 112 Å². The highest BCUT2D eigenvalue weighted by molar-refractivity contribution is 5.76. The summed E-state index contributed by atoms with van der Waals surface area (Å²) < 4.78 is 202. The van der Waals surface area contributed by atoms with Crippen molar-refractivity contribution < 1.29 is 51.8 Å². The first-order valence-corrected chi connectivity index (χ1v) is 6.80. The standard InChI is InChI=1S/C16H15F6N5O/c17-10-6-12(19)11(18)4-8(10)3-9(23)5-14(28)26-1-2-27-13(7-26)24-25-15(27)16(20,21)22/h4,6,9H,1-3,5,7,23H2/t9-/m1/s1/i1D2,2D2,3D2,4D,5D2,6D,7D2,9D/hD2. The number of benzene rings is 1. The maximum Gasteiger partial charge on any atom is 0.451 e. The van der Waals surface area contributed by atoms with E-state index >= 15 is 0 Å². The third-order valence-electron chi connectivity index (χ3n) is 2.94. The van der Waals surface area contributed by atoms with E-state index in [4.69, 9.17) is 20.6 Å². The summed E-state index contributed by atoms with van der Waals surface area (Å²) in [5.74, 6) is -14.2. The zero-order valence-corrected chi connectivity index (χ0v) is 12.9. The number of fused-ring (bicyclic) bond motifs is 1. The van der Waals surface area contributed by atoms with Crippen LogP contribution in [0.2, 0.25) is 2.82 Å². The minimum Gasteiger partial charge on any atom is -0.333 e. The molecule has 152 valence electrons. The Morgan fingerprint density at radius 1 is 1.32 bits per heavy atom. The summed E-state index contributed by atoms with van der Waals surface area (Å²) in [6.07, 6.45) is -14.9. The number of rotatable bonds is 5. The van der Waals surface area contributed by atoms with Crippen LogP contribution in [0.25, 0.3) is 0 Å². The quantitative estimate of drug-likeness (QED) is 0.591. The van der Waals surface area contributed by atoms with Gasteiger partial charge in [-0.15, -0.1) is 10.2 Å². The minimum atomic E-state index is -5.59. The molecule has 0 unspecified atom stereocenters. The van der Waals surface area contributed by atoms with Crippen molar-refractivity contribution in [3.05, 3.63) is 46.7 Å². The molecule has 0 saturated carbocycles. The second-order valence-electron chi connectivity index (χ2n) is 4.82. The molecule has 1 aliphatic heterocycles. The summed E-state index contributed by atoms with van der Waals surface area (Å²) in [5.41, 5.74) is -3.48. The lowest BCUT2D eigenvalue weighted by Gasteiger charge is -2.29. The zero-order chi connectivity index (χ0) is 33.8. The van der Waals surface area contributed by atoms with Gasteiger partial charge in [0.25, 0.3) is 0 Å². The molecule has 0 radical (unpaired) electrons. The van der Waals surface area contributed by atoms with Gasteiger partial charge in [-0.3, -0.25) is 4.79 Å². The number of carbonyl (C=O) groups is 1. The van der Waals surface area contributed by atoms with E-state index in [-0.39, 0.29) is 0 Å². The Morgan fingerprint density at radius 3 is 2.71 bits per heavy atom. The Balaban J connectivity index is 2.36. The van der Waals surface area contributed by atoms with Crippen molar-refractivity contribution >= 4 is 5.91 Å². The summed E-state index contributed by atoms with van der Waals surface area (Å²) in [7, 11) is 0. The molecule has 0 bridgehead atoms. The van der Waals surface area contributed by atoms with Crippen molar-refractivity contribution in [1.29, 1.82) is 0 Å². The highest BCUT2D eigenvalue weighted by Gasteiger charge is 2.39. The van der Waals surface area contributed by atoms with E-state index in [1.54, 1.807) is 0 Å². The van der Waals surface area contributed by atoms with E-state index in [0.29, 0.717) is 0 Å². The van der Waals surface area contributed by atoms with E-state index in [0.717, 1.165) is 0 Å². The monoisotopic (exact) mass is 422 g/mol. The first-order valence-electron chi connectivity index (χ1n) is 14.2. The van der Waals surface area contributed by atoms with Crippen LogP contribution in [-0.4, -0.2) is 38.1 Å². The molecule has 0 aliphatic carbocycles. The molecule has 6 nitrogen and oxygen atoms in total. The van der Waals surface area contributed by atoms with Gasteiger partial charge in [-0.2, -0.15) is 13.2 Å². The molecule has 0 fully saturated rings. The van der Waals surface area contributed by atoms with E-state index in [9.17, 15) is 31.1 Å².